The molecule has 1 amide bonds. The quantitative estimate of drug-likeness (QED) is 0.836. The first kappa shape index (κ1) is 11.3. The van der Waals surface area contributed by atoms with Crippen LogP contribution in [0.3, 0.4) is 0 Å². The van der Waals surface area contributed by atoms with Gasteiger partial charge in [0.2, 0.25) is 0 Å². The lowest BCUT2D eigenvalue weighted by Gasteiger charge is -2.07. The van der Waals surface area contributed by atoms with Crippen molar-refractivity contribution in [2.45, 2.75) is 13.8 Å². The maximum absolute atomic E-state index is 13.0. The maximum Gasteiger partial charge on any atom is 0.276 e. The fourth-order valence-electron chi connectivity index (χ4n) is 1.50. The van der Waals surface area contributed by atoms with Crippen LogP contribution in [0.2, 0.25) is 0 Å². The third-order valence-electron chi connectivity index (χ3n) is 2.49. The number of aromatic amines is 1. The molecule has 88 valence electrons. The highest BCUT2D eigenvalue weighted by molar-refractivity contribution is 6.03. The molecule has 4 nitrogen and oxygen atoms in total. The fraction of sp³-hybridized carbons (Fsp3) is 0.167. The van der Waals surface area contributed by atoms with Crippen LogP contribution < -0.4 is 5.32 Å². The summed E-state index contributed by atoms with van der Waals surface area (Å²) in [4.78, 5) is 18.6. The fourth-order valence-corrected chi connectivity index (χ4v) is 1.50. The molecule has 0 bridgehead atoms. The molecule has 5 heteroatoms. The molecule has 0 saturated carbocycles. The zero-order valence-corrected chi connectivity index (χ0v) is 9.54. The summed E-state index contributed by atoms with van der Waals surface area (Å²) < 4.78 is 13.0. The Labute approximate surface area is 97.9 Å². The van der Waals surface area contributed by atoms with Gasteiger partial charge in [0.1, 0.15) is 11.5 Å². The lowest BCUT2D eigenvalue weighted by molar-refractivity contribution is 0.102. The van der Waals surface area contributed by atoms with Gasteiger partial charge in [-0.25, -0.2) is 9.37 Å². The van der Waals surface area contributed by atoms with Crippen LogP contribution in [-0.2, 0) is 0 Å². The highest BCUT2D eigenvalue weighted by Gasteiger charge is 2.13. The Kier molecular flexibility index (Phi) is 2.91. The molecule has 0 unspecified atom stereocenters. The minimum Gasteiger partial charge on any atom is -0.348 e. The van der Waals surface area contributed by atoms with Crippen LogP contribution >= 0.6 is 0 Å². The van der Waals surface area contributed by atoms with E-state index in [1.165, 1.54) is 18.5 Å². The van der Waals surface area contributed by atoms with Crippen LogP contribution in [0.5, 0.6) is 0 Å². The van der Waals surface area contributed by atoms with Crippen molar-refractivity contribution in [3.63, 3.8) is 0 Å². The molecule has 2 aromatic rings. The number of aromatic nitrogens is 2. The number of carbonyl (C=O) groups excluding carboxylic acids is 1. The third kappa shape index (κ3) is 2.33. The van der Waals surface area contributed by atoms with Crippen molar-refractivity contribution < 1.29 is 9.18 Å². The molecular weight excluding hydrogens is 221 g/mol. The average molecular weight is 233 g/mol. The molecule has 2 rings (SSSR count). The first-order valence-corrected chi connectivity index (χ1v) is 5.15. The average Bonchev–Trinajstić information content (AvgIpc) is 2.70. The van der Waals surface area contributed by atoms with Gasteiger partial charge in [-0.3, -0.25) is 4.79 Å². The second-order valence-electron chi connectivity index (χ2n) is 3.79. The van der Waals surface area contributed by atoms with Crippen molar-refractivity contribution in [1.82, 2.24) is 9.97 Å². The molecule has 0 radical (unpaired) electrons. The molecule has 1 aromatic heterocycles. The van der Waals surface area contributed by atoms with Gasteiger partial charge in [-0.05, 0) is 31.5 Å². The minimum absolute atomic E-state index is 0.314. The van der Waals surface area contributed by atoms with E-state index >= 15 is 0 Å². The Morgan fingerprint density at radius 1 is 1.41 bits per heavy atom. The van der Waals surface area contributed by atoms with Gasteiger partial charge in [0.05, 0.1) is 6.33 Å². The predicted octanol–water partition coefficient (Wildman–Crippen LogP) is 2.42. The Morgan fingerprint density at radius 2 is 2.18 bits per heavy atom. The molecule has 2 N–H and O–H groups in total. The number of hydrogen-bond acceptors (Lipinski definition) is 2. The van der Waals surface area contributed by atoms with Gasteiger partial charge in [0.15, 0.2) is 0 Å². The summed E-state index contributed by atoms with van der Waals surface area (Å²) in [5.74, 6) is -0.734. The molecule has 0 spiro atoms. The minimum atomic E-state index is -0.385. The normalized spacial score (nSPS) is 10.3. The smallest absolute Gasteiger partial charge is 0.276 e. The molecule has 0 atom stereocenters. The Morgan fingerprint density at radius 3 is 2.82 bits per heavy atom. The van der Waals surface area contributed by atoms with Crippen LogP contribution in [0.15, 0.2) is 24.5 Å². The van der Waals surface area contributed by atoms with E-state index in [1.54, 1.807) is 19.9 Å². The highest BCUT2D eigenvalue weighted by Crippen LogP contribution is 2.17. The van der Waals surface area contributed by atoms with Gasteiger partial charge in [0.25, 0.3) is 5.91 Å². The first-order chi connectivity index (χ1) is 8.08. The number of carbonyl (C=O) groups is 1. The van der Waals surface area contributed by atoms with Gasteiger partial charge in [0, 0.05) is 11.4 Å². The highest BCUT2D eigenvalue weighted by atomic mass is 19.1. The second kappa shape index (κ2) is 4.37. The van der Waals surface area contributed by atoms with E-state index in [0.29, 0.717) is 17.1 Å². The van der Waals surface area contributed by atoms with E-state index in [4.69, 9.17) is 0 Å². The summed E-state index contributed by atoms with van der Waals surface area (Å²) in [7, 11) is 0. The lowest BCUT2D eigenvalue weighted by Crippen LogP contribution is -2.14. The summed E-state index contributed by atoms with van der Waals surface area (Å²) in [5.41, 5.74) is 2.25. The van der Waals surface area contributed by atoms with Crippen LogP contribution in [-0.4, -0.2) is 15.9 Å². The summed E-state index contributed by atoms with van der Waals surface area (Å²) in [6.45, 7) is 3.55. The first-order valence-electron chi connectivity index (χ1n) is 5.15. The topological polar surface area (TPSA) is 57.8 Å². The molecule has 0 aliphatic heterocycles. The van der Waals surface area contributed by atoms with Crippen molar-refractivity contribution in [2.75, 3.05) is 5.32 Å². The standard InChI is InChI=1S/C12H12FN3O/c1-7-3-4-9(13)5-10(7)16-12(17)11-8(2)14-6-15-11/h3-6H,1-2H3,(H,14,15)(H,16,17). The largest absolute Gasteiger partial charge is 0.348 e. The summed E-state index contributed by atoms with van der Waals surface area (Å²) >= 11 is 0. The summed E-state index contributed by atoms with van der Waals surface area (Å²) in [5, 5.41) is 2.63. The summed E-state index contributed by atoms with van der Waals surface area (Å²) in [6, 6.07) is 4.25. The number of amides is 1. The van der Waals surface area contributed by atoms with Crippen molar-refractivity contribution in [2.24, 2.45) is 0 Å². The van der Waals surface area contributed by atoms with Gasteiger partial charge >= 0.3 is 0 Å². The molecule has 0 fully saturated rings. The number of anilines is 1. The van der Waals surface area contributed by atoms with E-state index in [2.05, 4.69) is 15.3 Å². The maximum atomic E-state index is 13.0. The zero-order valence-electron chi connectivity index (χ0n) is 9.54. The summed E-state index contributed by atoms with van der Waals surface area (Å²) in [6.07, 6.45) is 1.45. The van der Waals surface area contributed by atoms with Crippen molar-refractivity contribution in [3.05, 3.63) is 47.3 Å². The van der Waals surface area contributed by atoms with Gasteiger partial charge in [-0.1, -0.05) is 6.07 Å². The van der Waals surface area contributed by atoms with Crippen LogP contribution in [0.25, 0.3) is 0 Å². The SMILES string of the molecule is Cc1ccc(F)cc1NC(=O)c1nc[nH]c1C. The van der Waals surface area contributed by atoms with E-state index in [9.17, 15) is 9.18 Å². The molecule has 1 aromatic carbocycles. The van der Waals surface area contributed by atoms with Gasteiger partial charge in [-0.2, -0.15) is 0 Å². The van der Waals surface area contributed by atoms with Crippen molar-refractivity contribution in [3.8, 4) is 0 Å². The monoisotopic (exact) mass is 233 g/mol. The van der Waals surface area contributed by atoms with Gasteiger partial charge in [-0.15, -0.1) is 0 Å². The van der Waals surface area contributed by atoms with Crippen LogP contribution in [0, 0.1) is 19.7 Å². The number of aryl methyl sites for hydroxylation is 2. The van der Waals surface area contributed by atoms with Crippen LogP contribution in [0.4, 0.5) is 10.1 Å². The molecule has 17 heavy (non-hydrogen) atoms. The van der Waals surface area contributed by atoms with E-state index < -0.39 is 0 Å². The number of rotatable bonds is 2. The van der Waals surface area contributed by atoms with Crippen LogP contribution in [0.1, 0.15) is 21.7 Å². The Balaban J connectivity index is 2.24. The Bertz CT molecular complexity index is 563. The van der Waals surface area contributed by atoms with E-state index in [1.807, 2.05) is 0 Å². The number of halogens is 1. The predicted molar refractivity (Wildman–Crippen MR) is 62.4 cm³/mol. The van der Waals surface area contributed by atoms with E-state index in [0.717, 1.165) is 5.56 Å². The van der Waals surface area contributed by atoms with Crippen molar-refractivity contribution in [1.29, 1.82) is 0 Å². The third-order valence-corrected chi connectivity index (χ3v) is 2.49. The number of nitrogens with one attached hydrogen (secondary N) is 2. The molecular formula is C12H12FN3O. The van der Waals surface area contributed by atoms with Gasteiger partial charge < -0.3 is 10.3 Å². The number of nitrogens with zero attached hydrogens (tertiary/aromatic N) is 1. The zero-order chi connectivity index (χ0) is 12.4. The molecule has 0 saturated heterocycles. The number of benzene rings is 1. The number of H-pyrrole nitrogens is 1. The lowest BCUT2D eigenvalue weighted by atomic mass is 10.2. The Hall–Kier alpha value is -2.17. The molecule has 0 aliphatic carbocycles. The molecule has 1 heterocycles. The molecule has 0 aliphatic rings. The van der Waals surface area contributed by atoms with Crippen molar-refractivity contribution >= 4 is 11.6 Å². The number of imidazole rings is 1. The second-order valence-corrected chi connectivity index (χ2v) is 3.79. The van der Waals surface area contributed by atoms with E-state index in [-0.39, 0.29) is 11.7 Å². The number of hydrogen-bond donors (Lipinski definition) is 2.